The van der Waals surface area contributed by atoms with Gasteiger partial charge in [0.15, 0.2) is 0 Å². The summed E-state index contributed by atoms with van der Waals surface area (Å²) in [6.07, 6.45) is 0. The first-order chi connectivity index (χ1) is 8.66. The molecule has 19 heavy (non-hydrogen) atoms. The summed E-state index contributed by atoms with van der Waals surface area (Å²) < 4.78 is 0. The van der Waals surface area contributed by atoms with Crippen molar-refractivity contribution in [3.8, 4) is 0 Å². The Morgan fingerprint density at radius 2 is 1.53 bits per heavy atom. The van der Waals surface area contributed by atoms with E-state index in [-0.39, 0.29) is 24.1 Å². The number of anilines is 1. The van der Waals surface area contributed by atoms with Gasteiger partial charge in [0.05, 0.1) is 0 Å². The molecule has 5 heteroatoms. The van der Waals surface area contributed by atoms with Crippen LogP contribution in [0.25, 0.3) is 0 Å². The molecule has 0 aliphatic carbocycles. The maximum absolute atomic E-state index is 11.9. The van der Waals surface area contributed by atoms with Crippen LogP contribution >= 0.6 is 12.4 Å². The third-order valence-corrected chi connectivity index (χ3v) is 2.49. The van der Waals surface area contributed by atoms with E-state index in [2.05, 4.69) is 5.32 Å². The van der Waals surface area contributed by atoms with Gasteiger partial charge >= 0.3 is 0 Å². The van der Waals surface area contributed by atoms with Crippen molar-refractivity contribution in [2.75, 3.05) is 5.32 Å². The fourth-order valence-electron chi connectivity index (χ4n) is 1.53. The van der Waals surface area contributed by atoms with E-state index in [4.69, 9.17) is 11.1 Å². The second-order valence-corrected chi connectivity index (χ2v) is 3.81. The topological polar surface area (TPSA) is 79.0 Å². The summed E-state index contributed by atoms with van der Waals surface area (Å²) in [6, 6.07) is 15.8. The largest absolute Gasteiger partial charge is 0.384 e. The van der Waals surface area contributed by atoms with Crippen LogP contribution in [0.4, 0.5) is 5.69 Å². The fraction of sp³-hybridized carbons (Fsp3) is 0. The second-order valence-electron chi connectivity index (χ2n) is 3.81. The molecule has 2 aromatic carbocycles. The van der Waals surface area contributed by atoms with Crippen molar-refractivity contribution in [3.63, 3.8) is 0 Å². The predicted octanol–water partition coefficient (Wildman–Crippen LogP) is 2.64. The molecule has 0 fully saturated rings. The van der Waals surface area contributed by atoms with Crippen molar-refractivity contribution in [2.24, 2.45) is 5.73 Å². The van der Waals surface area contributed by atoms with Crippen LogP contribution in [0.5, 0.6) is 0 Å². The van der Waals surface area contributed by atoms with Gasteiger partial charge in [-0.05, 0) is 36.4 Å². The Balaban J connectivity index is 0.00000180. The predicted molar refractivity (Wildman–Crippen MR) is 79.1 cm³/mol. The van der Waals surface area contributed by atoms with Crippen molar-refractivity contribution in [3.05, 3.63) is 65.7 Å². The molecule has 0 radical (unpaired) electrons. The van der Waals surface area contributed by atoms with Crippen LogP contribution in [0, 0.1) is 5.41 Å². The summed E-state index contributed by atoms with van der Waals surface area (Å²) in [7, 11) is 0. The van der Waals surface area contributed by atoms with E-state index in [0.29, 0.717) is 16.8 Å². The number of nitrogen functional groups attached to an aromatic ring is 1. The van der Waals surface area contributed by atoms with E-state index in [1.807, 2.05) is 18.2 Å². The third-order valence-electron chi connectivity index (χ3n) is 2.49. The van der Waals surface area contributed by atoms with Gasteiger partial charge in [0.1, 0.15) is 5.84 Å². The summed E-state index contributed by atoms with van der Waals surface area (Å²) in [5.41, 5.74) is 7.26. The molecule has 0 saturated carbocycles. The van der Waals surface area contributed by atoms with Gasteiger partial charge < -0.3 is 11.1 Å². The summed E-state index contributed by atoms with van der Waals surface area (Å²) in [5.74, 6) is -0.151. The maximum Gasteiger partial charge on any atom is 0.255 e. The van der Waals surface area contributed by atoms with Gasteiger partial charge in [-0.1, -0.05) is 18.2 Å². The highest BCUT2D eigenvalue weighted by atomic mass is 35.5. The maximum atomic E-state index is 11.9. The number of nitrogens with two attached hydrogens (primary N) is 1. The molecule has 0 saturated heterocycles. The molecular weight excluding hydrogens is 262 g/mol. The minimum atomic E-state index is -0.161. The molecule has 2 rings (SSSR count). The van der Waals surface area contributed by atoms with E-state index in [1.54, 1.807) is 36.4 Å². The van der Waals surface area contributed by atoms with Crippen LogP contribution in [0.15, 0.2) is 54.6 Å². The lowest BCUT2D eigenvalue weighted by atomic mass is 10.1. The molecule has 98 valence electrons. The number of hydrogen-bond donors (Lipinski definition) is 3. The van der Waals surface area contributed by atoms with E-state index >= 15 is 0 Å². The lowest BCUT2D eigenvalue weighted by molar-refractivity contribution is 0.102. The molecule has 4 N–H and O–H groups in total. The lowest BCUT2D eigenvalue weighted by Gasteiger charge is -2.06. The lowest BCUT2D eigenvalue weighted by Crippen LogP contribution is -2.13. The number of halogens is 1. The normalized spacial score (nSPS) is 9.26. The smallest absolute Gasteiger partial charge is 0.255 e. The SMILES string of the molecule is Cl.N=C(N)c1ccc(NC(=O)c2ccccc2)cc1. The van der Waals surface area contributed by atoms with E-state index in [9.17, 15) is 4.79 Å². The minimum absolute atomic E-state index is 0. The Morgan fingerprint density at radius 3 is 2.05 bits per heavy atom. The first kappa shape index (κ1) is 14.7. The molecule has 0 aromatic heterocycles. The number of carbonyl (C=O) groups excluding carboxylic acids is 1. The van der Waals surface area contributed by atoms with Gasteiger partial charge in [-0.15, -0.1) is 12.4 Å². The Hall–Kier alpha value is -2.33. The second kappa shape index (κ2) is 6.56. The van der Waals surface area contributed by atoms with Gasteiger partial charge in [-0.3, -0.25) is 10.2 Å². The zero-order valence-corrected chi connectivity index (χ0v) is 10.9. The molecule has 4 nitrogen and oxygen atoms in total. The number of hydrogen-bond acceptors (Lipinski definition) is 2. The third kappa shape index (κ3) is 3.82. The van der Waals surface area contributed by atoms with Crippen molar-refractivity contribution in [1.82, 2.24) is 0 Å². The van der Waals surface area contributed by atoms with Crippen molar-refractivity contribution < 1.29 is 4.79 Å². The van der Waals surface area contributed by atoms with E-state index in [0.717, 1.165) is 0 Å². The highest BCUT2D eigenvalue weighted by Crippen LogP contribution is 2.11. The Morgan fingerprint density at radius 1 is 0.947 bits per heavy atom. The molecule has 0 bridgehead atoms. The van der Waals surface area contributed by atoms with Gasteiger partial charge in [-0.25, -0.2) is 0 Å². The fourth-order valence-corrected chi connectivity index (χ4v) is 1.53. The molecule has 1 amide bonds. The number of benzene rings is 2. The Labute approximate surface area is 117 Å². The van der Waals surface area contributed by atoms with Crippen LogP contribution in [0.1, 0.15) is 15.9 Å². The zero-order valence-electron chi connectivity index (χ0n) is 10.1. The van der Waals surface area contributed by atoms with Crippen LogP contribution < -0.4 is 11.1 Å². The summed E-state index contributed by atoms with van der Waals surface area (Å²) in [6.45, 7) is 0. The average Bonchev–Trinajstić information content (AvgIpc) is 2.40. The molecule has 0 aliphatic rings. The molecule has 0 atom stereocenters. The summed E-state index contributed by atoms with van der Waals surface area (Å²) in [5, 5.41) is 10.0. The minimum Gasteiger partial charge on any atom is -0.384 e. The molecular formula is C14H14ClN3O. The number of carbonyl (C=O) groups is 1. The van der Waals surface area contributed by atoms with Crippen molar-refractivity contribution in [2.45, 2.75) is 0 Å². The van der Waals surface area contributed by atoms with Crippen LogP contribution in [0.3, 0.4) is 0 Å². The van der Waals surface area contributed by atoms with E-state index < -0.39 is 0 Å². The van der Waals surface area contributed by atoms with Crippen LogP contribution in [-0.2, 0) is 0 Å². The quantitative estimate of drug-likeness (QED) is 0.595. The molecule has 0 aliphatic heterocycles. The van der Waals surface area contributed by atoms with Crippen LogP contribution in [-0.4, -0.2) is 11.7 Å². The first-order valence-corrected chi connectivity index (χ1v) is 5.47. The number of rotatable bonds is 3. The van der Waals surface area contributed by atoms with E-state index in [1.165, 1.54) is 0 Å². The highest BCUT2D eigenvalue weighted by Gasteiger charge is 2.05. The van der Waals surface area contributed by atoms with Gasteiger partial charge in [0, 0.05) is 16.8 Å². The number of amidine groups is 1. The first-order valence-electron chi connectivity index (χ1n) is 5.47. The van der Waals surface area contributed by atoms with Gasteiger partial charge in [0.2, 0.25) is 0 Å². The molecule has 0 spiro atoms. The summed E-state index contributed by atoms with van der Waals surface area (Å²) >= 11 is 0. The Kier molecular flexibility index (Phi) is 5.09. The summed E-state index contributed by atoms with van der Waals surface area (Å²) in [4.78, 5) is 11.9. The Bertz CT molecular complexity index is 567. The number of nitrogens with one attached hydrogen (secondary N) is 2. The molecule has 0 unspecified atom stereocenters. The van der Waals surface area contributed by atoms with Crippen molar-refractivity contribution in [1.29, 1.82) is 5.41 Å². The van der Waals surface area contributed by atoms with Gasteiger partial charge in [0.25, 0.3) is 5.91 Å². The standard InChI is InChI=1S/C14H13N3O.ClH/c15-13(16)10-6-8-12(9-7-10)17-14(18)11-4-2-1-3-5-11;/h1-9H,(H3,15,16)(H,17,18);1H. The average molecular weight is 276 g/mol. The highest BCUT2D eigenvalue weighted by molar-refractivity contribution is 6.04. The molecule has 0 heterocycles. The van der Waals surface area contributed by atoms with Crippen molar-refractivity contribution >= 4 is 29.8 Å². The zero-order chi connectivity index (χ0) is 13.0. The number of amides is 1. The molecule has 2 aromatic rings. The van der Waals surface area contributed by atoms with Crippen LogP contribution in [0.2, 0.25) is 0 Å². The monoisotopic (exact) mass is 275 g/mol. The van der Waals surface area contributed by atoms with Gasteiger partial charge in [-0.2, -0.15) is 0 Å².